The van der Waals surface area contributed by atoms with Gasteiger partial charge < -0.3 is 16.4 Å². The summed E-state index contributed by atoms with van der Waals surface area (Å²) >= 11 is 0. The summed E-state index contributed by atoms with van der Waals surface area (Å²) in [7, 11) is 0. The molecule has 0 saturated carbocycles. The minimum absolute atomic E-state index is 0.228. The van der Waals surface area contributed by atoms with Crippen LogP contribution in [0.1, 0.15) is 36.6 Å². The normalized spacial score (nSPS) is 10.1. The van der Waals surface area contributed by atoms with Crippen LogP contribution in [0.2, 0.25) is 0 Å². The number of nitrogens with two attached hydrogens (primary N) is 1. The van der Waals surface area contributed by atoms with Crippen LogP contribution >= 0.6 is 0 Å². The van der Waals surface area contributed by atoms with Crippen LogP contribution in [0.25, 0.3) is 0 Å². The second-order valence-electron chi connectivity index (χ2n) is 6.15. The van der Waals surface area contributed by atoms with Gasteiger partial charge in [-0.1, -0.05) is 36.4 Å². The molecular formula is C22H19N3O3. The van der Waals surface area contributed by atoms with Gasteiger partial charge in [0.2, 0.25) is 5.91 Å². The lowest BCUT2D eigenvalue weighted by atomic mass is 10.1. The van der Waals surface area contributed by atoms with E-state index in [4.69, 9.17) is 5.73 Å². The third-order valence-corrected chi connectivity index (χ3v) is 4.08. The van der Waals surface area contributed by atoms with Crippen molar-refractivity contribution in [2.75, 3.05) is 5.32 Å². The van der Waals surface area contributed by atoms with E-state index in [2.05, 4.69) is 10.6 Å². The number of primary amides is 1. The zero-order valence-electron chi connectivity index (χ0n) is 15.0. The van der Waals surface area contributed by atoms with E-state index in [1.807, 2.05) is 36.4 Å². The summed E-state index contributed by atoms with van der Waals surface area (Å²) in [4.78, 5) is 35.9. The van der Waals surface area contributed by atoms with E-state index in [0.717, 1.165) is 5.56 Å². The fourth-order valence-corrected chi connectivity index (χ4v) is 2.65. The summed E-state index contributed by atoms with van der Waals surface area (Å²) in [6.45, 7) is 0.242. The summed E-state index contributed by atoms with van der Waals surface area (Å²) < 4.78 is 0. The molecule has 0 aliphatic carbocycles. The molecule has 3 aromatic carbocycles. The molecule has 0 fully saturated rings. The van der Waals surface area contributed by atoms with Crippen LogP contribution < -0.4 is 16.4 Å². The first-order valence-electron chi connectivity index (χ1n) is 8.66. The Hall–Kier alpha value is -3.93. The summed E-state index contributed by atoms with van der Waals surface area (Å²) in [6, 6.07) is 22.4. The Labute approximate surface area is 162 Å². The van der Waals surface area contributed by atoms with E-state index >= 15 is 0 Å². The van der Waals surface area contributed by atoms with Gasteiger partial charge in [-0.05, 0) is 48.0 Å². The van der Waals surface area contributed by atoms with Gasteiger partial charge in [-0.15, -0.1) is 0 Å². The molecule has 0 aliphatic heterocycles. The lowest BCUT2D eigenvalue weighted by molar-refractivity contribution is 0.0950. The number of hydrogen-bond acceptors (Lipinski definition) is 3. The standard InChI is InChI=1S/C22H19N3O3/c23-20(26)16-7-5-9-18(13-16)21(27)24-14-15-6-4-8-17(12-15)22(28)25-19-10-2-1-3-11-19/h1-13H,14H2,(H2,23,26)(H,24,27)(H,25,28). The summed E-state index contributed by atoms with van der Waals surface area (Å²) in [5.74, 6) is -1.15. The van der Waals surface area contributed by atoms with Gasteiger partial charge in [0.15, 0.2) is 0 Å². The van der Waals surface area contributed by atoms with Crippen molar-refractivity contribution < 1.29 is 14.4 Å². The summed E-state index contributed by atoms with van der Waals surface area (Å²) in [6.07, 6.45) is 0. The first kappa shape index (κ1) is 18.8. The number of para-hydroxylation sites is 1. The molecule has 0 atom stereocenters. The van der Waals surface area contributed by atoms with Crippen LogP contribution in [0.5, 0.6) is 0 Å². The Kier molecular flexibility index (Phi) is 5.81. The molecule has 0 aliphatic rings. The molecule has 4 N–H and O–H groups in total. The molecule has 3 amide bonds. The van der Waals surface area contributed by atoms with E-state index in [1.165, 1.54) is 6.07 Å². The SMILES string of the molecule is NC(=O)c1cccc(C(=O)NCc2cccc(C(=O)Nc3ccccc3)c2)c1. The van der Waals surface area contributed by atoms with Crippen LogP contribution in [-0.4, -0.2) is 17.7 Å². The van der Waals surface area contributed by atoms with Crippen molar-refractivity contribution in [3.63, 3.8) is 0 Å². The number of hydrogen-bond donors (Lipinski definition) is 3. The maximum atomic E-state index is 12.4. The largest absolute Gasteiger partial charge is 0.366 e. The Morgan fingerprint density at radius 1 is 0.714 bits per heavy atom. The van der Waals surface area contributed by atoms with Crippen molar-refractivity contribution in [3.8, 4) is 0 Å². The molecule has 0 radical (unpaired) electrons. The molecule has 6 nitrogen and oxygen atoms in total. The highest BCUT2D eigenvalue weighted by molar-refractivity contribution is 6.04. The molecule has 0 bridgehead atoms. The molecule has 3 aromatic rings. The second-order valence-corrected chi connectivity index (χ2v) is 6.15. The van der Waals surface area contributed by atoms with Crippen molar-refractivity contribution in [2.45, 2.75) is 6.54 Å². The van der Waals surface area contributed by atoms with Gasteiger partial charge in [0.05, 0.1) is 0 Å². The second kappa shape index (κ2) is 8.64. The van der Waals surface area contributed by atoms with Crippen LogP contribution in [0, 0.1) is 0 Å². The average Bonchev–Trinajstić information content (AvgIpc) is 2.73. The van der Waals surface area contributed by atoms with Gasteiger partial charge >= 0.3 is 0 Å². The van der Waals surface area contributed by atoms with Crippen molar-refractivity contribution in [2.24, 2.45) is 5.73 Å². The number of carbonyl (C=O) groups is 3. The quantitative estimate of drug-likeness (QED) is 0.619. The predicted octanol–water partition coefficient (Wildman–Crippen LogP) is 2.97. The van der Waals surface area contributed by atoms with Crippen molar-refractivity contribution in [1.29, 1.82) is 0 Å². The topological polar surface area (TPSA) is 101 Å². The van der Waals surface area contributed by atoms with Gasteiger partial charge in [-0.2, -0.15) is 0 Å². The first-order valence-corrected chi connectivity index (χ1v) is 8.66. The molecule has 0 aromatic heterocycles. The van der Waals surface area contributed by atoms with Crippen LogP contribution in [0.3, 0.4) is 0 Å². The Balaban J connectivity index is 1.64. The summed E-state index contributed by atoms with van der Waals surface area (Å²) in [5, 5.41) is 5.60. The van der Waals surface area contributed by atoms with Crippen LogP contribution in [-0.2, 0) is 6.54 Å². The highest BCUT2D eigenvalue weighted by Gasteiger charge is 2.10. The number of benzene rings is 3. The van der Waals surface area contributed by atoms with E-state index in [-0.39, 0.29) is 23.9 Å². The average molecular weight is 373 g/mol. The van der Waals surface area contributed by atoms with Gasteiger partial charge in [-0.3, -0.25) is 14.4 Å². The third-order valence-electron chi connectivity index (χ3n) is 4.08. The molecular weight excluding hydrogens is 354 g/mol. The minimum Gasteiger partial charge on any atom is -0.366 e. The van der Waals surface area contributed by atoms with E-state index in [0.29, 0.717) is 16.8 Å². The first-order chi connectivity index (χ1) is 13.5. The van der Waals surface area contributed by atoms with Gasteiger partial charge in [0.25, 0.3) is 11.8 Å². The van der Waals surface area contributed by atoms with E-state index in [1.54, 1.807) is 36.4 Å². The molecule has 0 heterocycles. The maximum absolute atomic E-state index is 12.4. The minimum atomic E-state index is -0.591. The fourth-order valence-electron chi connectivity index (χ4n) is 2.65. The van der Waals surface area contributed by atoms with Gasteiger partial charge in [0.1, 0.15) is 0 Å². The monoisotopic (exact) mass is 373 g/mol. The number of nitrogens with one attached hydrogen (secondary N) is 2. The molecule has 0 saturated heterocycles. The Bertz CT molecular complexity index is 1020. The number of carbonyl (C=O) groups excluding carboxylic acids is 3. The number of anilines is 1. The number of rotatable bonds is 6. The zero-order chi connectivity index (χ0) is 19.9. The highest BCUT2D eigenvalue weighted by atomic mass is 16.2. The van der Waals surface area contributed by atoms with Crippen molar-refractivity contribution in [1.82, 2.24) is 5.32 Å². The lowest BCUT2D eigenvalue weighted by Crippen LogP contribution is -2.23. The Morgan fingerprint density at radius 3 is 2.07 bits per heavy atom. The lowest BCUT2D eigenvalue weighted by Gasteiger charge is -2.09. The molecule has 3 rings (SSSR count). The van der Waals surface area contributed by atoms with Crippen LogP contribution in [0.4, 0.5) is 5.69 Å². The smallest absolute Gasteiger partial charge is 0.255 e. The van der Waals surface area contributed by atoms with Crippen LogP contribution in [0.15, 0.2) is 78.9 Å². The fraction of sp³-hybridized carbons (Fsp3) is 0.0455. The maximum Gasteiger partial charge on any atom is 0.255 e. The highest BCUT2D eigenvalue weighted by Crippen LogP contribution is 2.11. The van der Waals surface area contributed by atoms with Gasteiger partial charge in [-0.25, -0.2) is 0 Å². The number of amides is 3. The molecule has 0 unspecified atom stereocenters. The van der Waals surface area contributed by atoms with E-state index < -0.39 is 5.91 Å². The van der Waals surface area contributed by atoms with Crippen molar-refractivity contribution in [3.05, 3.63) is 101 Å². The molecule has 140 valence electrons. The molecule has 6 heteroatoms. The predicted molar refractivity (Wildman–Crippen MR) is 107 cm³/mol. The third kappa shape index (κ3) is 4.82. The Morgan fingerprint density at radius 2 is 1.36 bits per heavy atom. The van der Waals surface area contributed by atoms with Gasteiger partial charge in [0, 0.05) is 28.9 Å². The molecule has 28 heavy (non-hydrogen) atoms. The van der Waals surface area contributed by atoms with Crippen molar-refractivity contribution >= 4 is 23.4 Å². The molecule has 0 spiro atoms. The zero-order valence-corrected chi connectivity index (χ0v) is 15.0. The summed E-state index contributed by atoms with van der Waals surface area (Å²) in [5.41, 5.74) is 7.83. The van der Waals surface area contributed by atoms with E-state index in [9.17, 15) is 14.4 Å².